The number of hydrogen-bond acceptors (Lipinski definition) is 6. The Morgan fingerprint density at radius 1 is 1.10 bits per heavy atom. The Labute approximate surface area is 114 Å². The normalized spacial score (nSPS) is 13.8. The molecule has 0 aromatic heterocycles. The largest absolute Gasteiger partial charge is 0.525 e. The Kier molecular flexibility index (Phi) is 11.2. The fourth-order valence-electron chi connectivity index (χ4n) is 0.826. The monoisotopic (exact) mass is 330 g/mol. The molecule has 0 radical (unpaired) electrons. The molecular formula is C9H18F4O6S. The van der Waals surface area contributed by atoms with E-state index in [-0.39, 0.29) is 11.3 Å². The van der Waals surface area contributed by atoms with Gasteiger partial charge in [-0.15, -0.1) is 0 Å². The first kappa shape index (κ1) is 21.8. The Balaban J connectivity index is 0. The van der Waals surface area contributed by atoms with Crippen LogP contribution in [0.1, 0.15) is 26.7 Å². The minimum Gasteiger partial charge on any atom is -0.353 e. The second kappa shape index (κ2) is 10.3. The molecule has 0 fully saturated rings. The second-order valence-electron chi connectivity index (χ2n) is 3.45. The van der Waals surface area contributed by atoms with Crippen LogP contribution in [0.5, 0.6) is 0 Å². The van der Waals surface area contributed by atoms with Crippen molar-refractivity contribution in [3.8, 4) is 0 Å². The van der Waals surface area contributed by atoms with Crippen molar-refractivity contribution in [2.75, 3.05) is 19.8 Å². The lowest BCUT2D eigenvalue weighted by Gasteiger charge is -2.13. The molecule has 1 unspecified atom stereocenters. The van der Waals surface area contributed by atoms with E-state index in [4.69, 9.17) is 9.47 Å². The quantitative estimate of drug-likeness (QED) is 0.153. The standard InChI is InChI=1S/C9H17F3O6S.FH/c1-3-4-5-15-8(2)16-6-7-17-18-19(13,14)9(10,11)12;/h8H,3-7H2,1-2H3;1H. The molecule has 0 saturated heterocycles. The summed E-state index contributed by atoms with van der Waals surface area (Å²) >= 11 is 0. The molecule has 0 amide bonds. The zero-order chi connectivity index (χ0) is 14.9. The number of halogens is 4. The lowest BCUT2D eigenvalue weighted by Crippen LogP contribution is -2.26. The molecule has 0 bridgehead atoms. The molecule has 0 saturated carbocycles. The molecule has 0 rings (SSSR count). The molecule has 0 spiro atoms. The molecule has 0 aromatic rings. The zero-order valence-electron chi connectivity index (χ0n) is 11.0. The average molecular weight is 330 g/mol. The third-order valence-corrected chi connectivity index (χ3v) is 2.63. The highest BCUT2D eigenvalue weighted by atomic mass is 32.2. The number of unbranched alkanes of at least 4 members (excludes halogenated alkanes) is 1. The molecule has 6 nitrogen and oxygen atoms in total. The van der Waals surface area contributed by atoms with Crippen LogP contribution in [-0.2, 0) is 28.8 Å². The summed E-state index contributed by atoms with van der Waals surface area (Å²) in [5.41, 5.74) is -5.51. The lowest BCUT2D eigenvalue weighted by atomic mass is 10.4. The maximum absolute atomic E-state index is 11.8. The highest BCUT2D eigenvalue weighted by Crippen LogP contribution is 2.24. The van der Waals surface area contributed by atoms with E-state index < -0.39 is 28.5 Å². The summed E-state index contributed by atoms with van der Waals surface area (Å²) in [6, 6.07) is 0. The van der Waals surface area contributed by atoms with Gasteiger partial charge < -0.3 is 9.47 Å². The Morgan fingerprint density at radius 2 is 1.65 bits per heavy atom. The summed E-state index contributed by atoms with van der Waals surface area (Å²) < 4.78 is 69.6. The van der Waals surface area contributed by atoms with Crippen molar-refractivity contribution in [2.24, 2.45) is 0 Å². The van der Waals surface area contributed by atoms with Crippen LogP contribution in [0.25, 0.3) is 0 Å². The predicted molar refractivity (Wildman–Crippen MR) is 60.8 cm³/mol. The number of rotatable bonds is 10. The van der Waals surface area contributed by atoms with Crippen molar-refractivity contribution in [1.29, 1.82) is 0 Å². The van der Waals surface area contributed by atoms with E-state index in [9.17, 15) is 21.6 Å². The van der Waals surface area contributed by atoms with Crippen molar-refractivity contribution in [3.63, 3.8) is 0 Å². The lowest BCUT2D eigenvalue weighted by molar-refractivity contribution is -0.233. The number of ether oxygens (including phenoxy) is 2. The maximum Gasteiger partial charge on any atom is 0.525 e. The summed E-state index contributed by atoms with van der Waals surface area (Å²) in [5.74, 6) is 0. The summed E-state index contributed by atoms with van der Waals surface area (Å²) in [6.45, 7) is 3.44. The minimum atomic E-state index is -5.73. The summed E-state index contributed by atoms with van der Waals surface area (Å²) in [4.78, 5) is 3.91. The molecule has 0 N–H and O–H groups in total. The fourth-order valence-corrected chi connectivity index (χ4v) is 1.10. The molecule has 20 heavy (non-hydrogen) atoms. The minimum absolute atomic E-state index is 0. The number of alkyl halides is 3. The van der Waals surface area contributed by atoms with E-state index in [1.165, 1.54) is 0 Å². The van der Waals surface area contributed by atoms with Gasteiger partial charge in [0.05, 0.1) is 6.61 Å². The number of hydrogen-bond donors (Lipinski definition) is 0. The van der Waals surface area contributed by atoms with Crippen molar-refractivity contribution < 1.29 is 45.0 Å². The highest BCUT2D eigenvalue weighted by molar-refractivity contribution is 7.87. The van der Waals surface area contributed by atoms with E-state index in [1.54, 1.807) is 6.92 Å². The smallest absolute Gasteiger partial charge is 0.353 e. The molecule has 0 aliphatic carbocycles. The third kappa shape index (κ3) is 9.42. The van der Waals surface area contributed by atoms with Gasteiger partial charge in [0.1, 0.15) is 6.61 Å². The van der Waals surface area contributed by atoms with Gasteiger partial charge in [-0.1, -0.05) is 17.7 Å². The van der Waals surface area contributed by atoms with Gasteiger partial charge in [-0.3, -0.25) is 4.70 Å². The SMILES string of the molecule is CCCCOC(C)OCCOOS(=O)(=O)C(F)(F)F.F. The van der Waals surface area contributed by atoms with Gasteiger partial charge in [-0.25, -0.2) is 4.89 Å². The van der Waals surface area contributed by atoms with Crippen LogP contribution in [0.15, 0.2) is 0 Å². The van der Waals surface area contributed by atoms with Crippen molar-refractivity contribution in [2.45, 2.75) is 38.5 Å². The average Bonchev–Trinajstić information content (AvgIpc) is 2.27. The van der Waals surface area contributed by atoms with E-state index in [0.717, 1.165) is 12.8 Å². The first-order chi connectivity index (χ1) is 8.70. The van der Waals surface area contributed by atoms with Crippen LogP contribution in [0.3, 0.4) is 0 Å². The van der Waals surface area contributed by atoms with Gasteiger partial charge in [0, 0.05) is 6.61 Å². The third-order valence-electron chi connectivity index (χ3n) is 1.79. The predicted octanol–water partition coefficient (Wildman–Crippen LogP) is 2.12. The molecule has 0 aromatic carbocycles. The van der Waals surface area contributed by atoms with Crippen LogP contribution in [0.2, 0.25) is 0 Å². The fraction of sp³-hybridized carbons (Fsp3) is 1.00. The van der Waals surface area contributed by atoms with Crippen LogP contribution in [0, 0.1) is 0 Å². The summed E-state index contributed by atoms with van der Waals surface area (Å²) in [5, 5.41) is 0. The van der Waals surface area contributed by atoms with Gasteiger partial charge in [0.25, 0.3) is 0 Å². The van der Waals surface area contributed by atoms with Crippen molar-refractivity contribution in [3.05, 3.63) is 0 Å². The van der Waals surface area contributed by atoms with E-state index in [1.807, 2.05) is 6.92 Å². The molecule has 124 valence electrons. The molecule has 11 heteroatoms. The van der Waals surface area contributed by atoms with E-state index in [0.29, 0.717) is 6.61 Å². The van der Waals surface area contributed by atoms with Gasteiger partial charge in [-0.05, 0) is 13.3 Å². The second-order valence-corrected chi connectivity index (χ2v) is 4.96. The van der Waals surface area contributed by atoms with Gasteiger partial charge in [0.2, 0.25) is 0 Å². The summed E-state index contributed by atoms with van der Waals surface area (Å²) in [6.07, 6.45) is 1.25. The highest BCUT2D eigenvalue weighted by Gasteiger charge is 2.48. The van der Waals surface area contributed by atoms with Crippen LogP contribution < -0.4 is 0 Å². The molecule has 0 aliphatic heterocycles. The van der Waals surface area contributed by atoms with Gasteiger partial charge in [-0.2, -0.15) is 21.6 Å². The summed E-state index contributed by atoms with van der Waals surface area (Å²) in [7, 11) is -5.73. The van der Waals surface area contributed by atoms with Crippen LogP contribution in [0.4, 0.5) is 17.9 Å². The molecular weight excluding hydrogens is 312 g/mol. The Bertz CT molecular complexity index is 332. The Hall–Kier alpha value is -0.490. The maximum atomic E-state index is 11.8. The van der Waals surface area contributed by atoms with Gasteiger partial charge in [0.15, 0.2) is 6.29 Å². The first-order valence-electron chi connectivity index (χ1n) is 5.56. The van der Waals surface area contributed by atoms with Crippen molar-refractivity contribution in [1.82, 2.24) is 0 Å². The van der Waals surface area contributed by atoms with E-state index in [2.05, 4.69) is 9.22 Å². The molecule has 0 heterocycles. The van der Waals surface area contributed by atoms with Gasteiger partial charge >= 0.3 is 15.6 Å². The van der Waals surface area contributed by atoms with Crippen LogP contribution in [-0.4, -0.2) is 40.0 Å². The molecule has 1 atom stereocenters. The first-order valence-corrected chi connectivity index (χ1v) is 6.97. The van der Waals surface area contributed by atoms with Crippen LogP contribution >= 0.6 is 0 Å². The zero-order valence-corrected chi connectivity index (χ0v) is 11.8. The molecule has 0 aliphatic rings. The van der Waals surface area contributed by atoms with Crippen molar-refractivity contribution >= 4 is 10.1 Å². The topological polar surface area (TPSA) is 71.1 Å². The Morgan fingerprint density at radius 3 is 2.15 bits per heavy atom. The van der Waals surface area contributed by atoms with E-state index >= 15 is 0 Å².